The standard InChI is InChI=1S/C7H8AsN2O/c1-8-6-4-5(7(9)11)2-3-10-6/h2-4H,1H3,(H2,9,11). The van der Waals surface area contributed by atoms with Gasteiger partial charge in [-0.25, -0.2) is 0 Å². The van der Waals surface area contributed by atoms with Gasteiger partial charge in [0.15, 0.2) is 0 Å². The number of amides is 1. The summed E-state index contributed by atoms with van der Waals surface area (Å²) in [5.41, 5.74) is 7.70. The summed E-state index contributed by atoms with van der Waals surface area (Å²) in [6.45, 7) is 0. The number of hydrogen-bond acceptors (Lipinski definition) is 2. The van der Waals surface area contributed by atoms with E-state index in [1.165, 1.54) is 0 Å². The van der Waals surface area contributed by atoms with E-state index in [-0.39, 0.29) is 21.7 Å². The molecule has 1 aromatic rings. The molecule has 0 fully saturated rings. The van der Waals surface area contributed by atoms with E-state index in [0.29, 0.717) is 5.56 Å². The first-order valence-corrected chi connectivity index (χ1v) is 5.91. The van der Waals surface area contributed by atoms with Gasteiger partial charge in [0.25, 0.3) is 0 Å². The minimum absolute atomic E-state index is 0.0770. The second-order valence-electron chi connectivity index (χ2n) is 1.99. The molecule has 0 aromatic carbocycles. The molecule has 0 saturated heterocycles. The Labute approximate surface area is 71.7 Å². The average molecular weight is 211 g/mol. The van der Waals surface area contributed by atoms with Gasteiger partial charge in [0, 0.05) is 0 Å². The van der Waals surface area contributed by atoms with Crippen LogP contribution < -0.4 is 10.2 Å². The molecule has 0 aliphatic heterocycles. The zero-order chi connectivity index (χ0) is 8.27. The second kappa shape index (κ2) is 3.53. The summed E-state index contributed by atoms with van der Waals surface area (Å²) in [6.07, 6.45) is 1.62. The van der Waals surface area contributed by atoms with Crippen molar-refractivity contribution in [3.05, 3.63) is 23.9 Å². The molecule has 0 atom stereocenters. The molecule has 0 spiro atoms. The topological polar surface area (TPSA) is 56.0 Å². The third kappa shape index (κ3) is 2.05. The zero-order valence-electron chi connectivity index (χ0n) is 6.11. The fourth-order valence-corrected chi connectivity index (χ4v) is 1.64. The van der Waals surface area contributed by atoms with Crippen LogP contribution in [-0.4, -0.2) is 26.6 Å². The van der Waals surface area contributed by atoms with Crippen molar-refractivity contribution < 1.29 is 4.79 Å². The summed E-state index contributed by atoms with van der Waals surface area (Å²) >= 11 is 0.0770. The van der Waals surface area contributed by atoms with Crippen molar-refractivity contribution in [2.75, 3.05) is 0 Å². The molecular weight excluding hydrogens is 203 g/mol. The quantitative estimate of drug-likeness (QED) is 0.674. The molecule has 0 aliphatic rings. The van der Waals surface area contributed by atoms with Gasteiger partial charge in [0.2, 0.25) is 0 Å². The number of rotatable bonds is 2. The SMILES string of the molecule is C[As]c1cc(C(N)=O)ccn1. The second-order valence-corrected chi connectivity index (χ2v) is 3.89. The van der Waals surface area contributed by atoms with Crippen LogP contribution in [0.25, 0.3) is 0 Å². The molecule has 57 valence electrons. The number of nitrogens with zero attached hydrogens (tertiary/aromatic N) is 1. The molecule has 0 bridgehead atoms. The third-order valence-electron chi connectivity index (χ3n) is 1.26. The number of nitrogens with two attached hydrogens (primary N) is 1. The Morgan fingerprint density at radius 2 is 2.45 bits per heavy atom. The molecule has 1 heterocycles. The van der Waals surface area contributed by atoms with Crippen molar-refractivity contribution in [2.24, 2.45) is 5.73 Å². The van der Waals surface area contributed by atoms with Crippen LogP contribution in [0.5, 0.6) is 0 Å². The molecule has 3 nitrogen and oxygen atoms in total. The fraction of sp³-hybridized carbons (Fsp3) is 0.143. The average Bonchev–Trinajstić information content (AvgIpc) is 2.05. The van der Waals surface area contributed by atoms with Crippen molar-refractivity contribution >= 4 is 26.1 Å². The van der Waals surface area contributed by atoms with Gasteiger partial charge in [-0.3, -0.25) is 0 Å². The molecule has 0 aliphatic carbocycles. The number of aromatic nitrogens is 1. The van der Waals surface area contributed by atoms with Crippen LogP contribution in [0.15, 0.2) is 18.3 Å². The first-order chi connectivity index (χ1) is 5.24. The van der Waals surface area contributed by atoms with E-state index in [9.17, 15) is 4.79 Å². The van der Waals surface area contributed by atoms with E-state index in [2.05, 4.69) is 10.7 Å². The van der Waals surface area contributed by atoms with Gasteiger partial charge in [0.1, 0.15) is 0 Å². The molecule has 0 saturated carbocycles. The van der Waals surface area contributed by atoms with Crippen molar-refractivity contribution in [1.29, 1.82) is 0 Å². The first kappa shape index (κ1) is 8.28. The van der Waals surface area contributed by atoms with Crippen molar-refractivity contribution in [3.8, 4) is 0 Å². The van der Waals surface area contributed by atoms with E-state index in [4.69, 9.17) is 5.73 Å². The van der Waals surface area contributed by atoms with Crippen LogP contribution in [0.1, 0.15) is 10.4 Å². The van der Waals surface area contributed by atoms with Gasteiger partial charge in [-0.1, -0.05) is 0 Å². The molecule has 0 unspecified atom stereocenters. The Bertz CT molecular complexity index is 275. The van der Waals surface area contributed by atoms with Crippen LogP contribution in [0, 0.1) is 0 Å². The van der Waals surface area contributed by atoms with Crippen molar-refractivity contribution in [3.63, 3.8) is 0 Å². The Kier molecular flexibility index (Phi) is 2.66. The summed E-state index contributed by atoms with van der Waals surface area (Å²) in [4.78, 5) is 14.7. The summed E-state index contributed by atoms with van der Waals surface area (Å²) in [5, 5.41) is 0. The molecule has 4 heteroatoms. The molecule has 1 radical (unpaired) electrons. The summed E-state index contributed by atoms with van der Waals surface area (Å²) in [5.74, 6) is -0.386. The van der Waals surface area contributed by atoms with Crippen molar-refractivity contribution in [2.45, 2.75) is 5.71 Å². The van der Waals surface area contributed by atoms with Crippen LogP contribution in [0.2, 0.25) is 5.71 Å². The molecule has 1 amide bonds. The molecular formula is C7H8AsN2O. The molecule has 1 rings (SSSR count). The van der Waals surface area contributed by atoms with Crippen molar-refractivity contribution in [1.82, 2.24) is 4.98 Å². The summed E-state index contributed by atoms with van der Waals surface area (Å²) < 4.78 is 0.984. The predicted molar refractivity (Wildman–Crippen MR) is 44.0 cm³/mol. The maximum absolute atomic E-state index is 10.7. The Morgan fingerprint density at radius 1 is 1.73 bits per heavy atom. The van der Waals surface area contributed by atoms with Crippen LogP contribution in [0.3, 0.4) is 0 Å². The van der Waals surface area contributed by atoms with Gasteiger partial charge >= 0.3 is 71.3 Å². The zero-order valence-corrected chi connectivity index (χ0v) is 7.99. The van der Waals surface area contributed by atoms with Gasteiger partial charge in [-0.05, 0) is 0 Å². The van der Waals surface area contributed by atoms with Gasteiger partial charge in [-0.2, -0.15) is 0 Å². The van der Waals surface area contributed by atoms with Crippen LogP contribution in [0.4, 0.5) is 0 Å². The van der Waals surface area contributed by atoms with E-state index in [1.54, 1.807) is 18.3 Å². The van der Waals surface area contributed by atoms with E-state index in [0.717, 1.165) is 4.48 Å². The summed E-state index contributed by atoms with van der Waals surface area (Å²) in [6, 6.07) is 3.38. The van der Waals surface area contributed by atoms with Crippen LogP contribution >= 0.6 is 0 Å². The Hall–Kier alpha value is -0.822. The fourth-order valence-electron chi connectivity index (χ4n) is 0.694. The maximum atomic E-state index is 10.7. The molecule has 1 aromatic heterocycles. The Balaban J connectivity index is 3.01. The number of carbonyl (C=O) groups is 1. The Morgan fingerprint density at radius 3 is 3.00 bits per heavy atom. The van der Waals surface area contributed by atoms with Crippen LogP contribution in [-0.2, 0) is 0 Å². The third-order valence-corrected chi connectivity index (χ3v) is 2.73. The molecule has 11 heavy (non-hydrogen) atoms. The monoisotopic (exact) mass is 211 g/mol. The predicted octanol–water partition coefficient (Wildman–Crippen LogP) is -0.442. The van der Waals surface area contributed by atoms with Gasteiger partial charge in [0.05, 0.1) is 0 Å². The van der Waals surface area contributed by atoms with Gasteiger partial charge < -0.3 is 0 Å². The van der Waals surface area contributed by atoms with Gasteiger partial charge in [-0.15, -0.1) is 0 Å². The number of primary amides is 1. The van der Waals surface area contributed by atoms with E-state index < -0.39 is 0 Å². The number of hydrogen-bond donors (Lipinski definition) is 1. The minimum atomic E-state index is -0.386. The summed E-state index contributed by atoms with van der Waals surface area (Å²) in [7, 11) is 0. The van der Waals surface area contributed by atoms with E-state index >= 15 is 0 Å². The van der Waals surface area contributed by atoms with E-state index in [1.807, 2.05) is 0 Å². The normalized spacial score (nSPS) is 10.6. The number of carbonyl (C=O) groups excluding carboxylic acids is 1. The number of pyridine rings is 1. The first-order valence-electron chi connectivity index (χ1n) is 3.09. The molecule has 2 N–H and O–H groups in total.